The van der Waals surface area contributed by atoms with Crippen LogP contribution in [-0.2, 0) is 4.74 Å². The second kappa shape index (κ2) is 6.44. The lowest BCUT2D eigenvalue weighted by atomic mass is 10.1. The summed E-state index contributed by atoms with van der Waals surface area (Å²) in [5, 5.41) is 3.98. The van der Waals surface area contributed by atoms with Crippen molar-refractivity contribution >= 4 is 12.0 Å². The van der Waals surface area contributed by atoms with Crippen molar-refractivity contribution in [1.82, 2.24) is 19.9 Å². The number of hydrogen-bond acceptors (Lipinski definition) is 6. The number of benzene rings is 1. The molecule has 2 aliphatic rings. The molecule has 1 atom stereocenters. The topological polar surface area (TPSA) is 88.8 Å². The molecule has 0 unspecified atom stereocenters. The van der Waals surface area contributed by atoms with Crippen LogP contribution in [0, 0.1) is 0 Å². The molecule has 0 saturated carbocycles. The summed E-state index contributed by atoms with van der Waals surface area (Å²) in [4.78, 5) is 32.1. The number of rotatable bonds is 3. The van der Waals surface area contributed by atoms with E-state index >= 15 is 0 Å². The van der Waals surface area contributed by atoms with E-state index < -0.39 is 0 Å². The first kappa shape index (κ1) is 16.6. The molecule has 2 aromatic rings. The van der Waals surface area contributed by atoms with Crippen LogP contribution < -0.4 is 0 Å². The summed E-state index contributed by atoms with van der Waals surface area (Å²) in [6.45, 7) is 5.83. The summed E-state index contributed by atoms with van der Waals surface area (Å²) >= 11 is 0. The predicted molar refractivity (Wildman–Crippen MR) is 91.6 cm³/mol. The Morgan fingerprint density at radius 1 is 1.23 bits per heavy atom. The summed E-state index contributed by atoms with van der Waals surface area (Å²) in [6.07, 6.45) is -0.285. The summed E-state index contributed by atoms with van der Waals surface area (Å²) < 4.78 is 10.3. The van der Waals surface area contributed by atoms with Gasteiger partial charge in [-0.05, 0) is 12.1 Å². The molecule has 8 nitrogen and oxygen atoms in total. The molecule has 1 aromatic heterocycles. The van der Waals surface area contributed by atoms with Gasteiger partial charge >= 0.3 is 6.09 Å². The molecule has 0 N–H and O–H groups in total. The van der Waals surface area contributed by atoms with Gasteiger partial charge in [-0.15, -0.1) is 0 Å². The summed E-state index contributed by atoms with van der Waals surface area (Å²) in [6, 6.07) is 7.13. The number of carbonyl (C=O) groups excluding carboxylic acids is 2. The largest absolute Gasteiger partial charge is 0.447 e. The number of nitrogens with zero attached hydrogens (tertiary/aromatic N) is 4. The van der Waals surface area contributed by atoms with Gasteiger partial charge in [0.15, 0.2) is 0 Å². The fourth-order valence-corrected chi connectivity index (χ4v) is 3.20. The molecular weight excluding hydrogens is 336 g/mol. The molecule has 26 heavy (non-hydrogen) atoms. The number of piperazine rings is 1. The van der Waals surface area contributed by atoms with Crippen molar-refractivity contribution in [1.29, 1.82) is 0 Å². The molecule has 3 heterocycles. The second-order valence-electron chi connectivity index (χ2n) is 6.86. The first-order chi connectivity index (χ1) is 12.5. The fourth-order valence-electron chi connectivity index (χ4n) is 3.20. The second-order valence-corrected chi connectivity index (χ2v) is 6.86. The standard InChI is InChI=1S/C18H20N4O4/c1-11(2)16-19-15(20-26-16)12-3-5-13(6-4-12)17(23)21-7-8-22-14(9-21)10-25-18(22)24/h3-6,11,14H,7-10H2,1-2H3/t14-/m1/s1. The maximum Gasteiger partial charge on any atom is 0.410 e. The van der Waals surface area contributed by atoms with Crippen LogP contribution in [0.2, 0.25) is 0 Å². The number of fused-ring (bicyclic) bond motifs is 1. The molecule has 2 amide bonds. The Kier molecular flexibility index (Phi) is 4.10. The molecule has 0 bridgehead atoms. The summed E-state index contributed by atoms with van der Waals surface area (Å²) in [5.41, 5.74) is 1.40. The van der Waals surface area contributed by atoms with Crippen molar-refractivity contribution in [3.63, 3.8) is 0 Å². The molecule has 2 saturated heterocycles. The van der Waals surface area contributed by atoms with E-state index in [0.717, 1.165) is 5.56 Å². The number of cyclic esters (lactones) is 1. The number of carbonyl (C=O) groups is 2. The van der Waals surface area contributed by atoms with E-state index in [4.69, 9.17) is 9.26 Å². The zero-order valence-electron chi connectivity index (χ0n) is 14.7. The van der Waals surface area contributed by atoms with Crippen LogP contribution >= 0.6 is 0 Å². The number of aromatic nitrogens is 2. The van der Waals surface area contributed by atoms with E-state index in [0.29, 0.717) is 43.5 Å². The zero-order valence-corrected chi connectivity index (χ0v) is 14.7. The minimum Gasteiger partial charge on any atom is -0.447 e. The maximum atomic E-state index is 12.7. The minimum absolute atomic E-state index is 0.0479. The monoisotopic (exact) mass is 356 g/mol. The van der Waals surface area contributed by atoms with Crippen LogP contribution in [-0.4, -0.2) is 64.2 Å². The van der Waals surface area contributed by atoms with Gasteiger partial charge in [-0.25, -0.2) is 4.79 Å². The molecule has 4 rings (SSSR count). The number of hydrogen-bond donors (Lipinski definition) is 0. The molecule has 0 aliphatic carbocycles. The third-order valence-electron chi connectivity index (χ3n) is 4.73. The van der Waals surface area contributed by atoms with Gasteiger partial charge in [0.25, 0.3) is 5.91 Å². The zero-order chi connectivity index (χ0) is 18.3. The third-order valence-corrected chi connectivity index (χ3v) is 4.73. The highest BCUT2D eigenvalue weighted by Gasteiger charge is 2.38. The van der Waals surface area contributed by atoms with E-state index in [1.807, 2.05) is 26.0 Å². The molecule has 8 heteroatoms. The first-order valence-corrected chi connectivity index (χ1v) is 8.69. The highest BCUT2D eigenvalue weighted by atomic mass is 16.6. The van der Waals surface area contributed by atoms with Gasteiger partial charge in [0.05, 0.1) is 6.04 Å². The van der Waals surface area contributed by atoms with Crippen molar-refractivity contribution < 1.29 is 18.8 Å². The average Bonchev–Trinajstić information content (AvgIpc) is 3.29. The smallest absolute Gasteiger partial charge is 0.410 e. The van der Waals surface area contributed by atoms with E-state index in [-0.39, 0.29) is 24.0 Å². The van der Waals surface area contributed by atoms with Crippen molar-refractivity contribution in [2.24, 2.45) is 0 Å². The van der Waals surface area contributed by atoms with Crippen LogP contribution in [0.5, 0.6) is 0 Å². The molecule has 2 aliphatic heterocycles. The molecule has 1 aromatic carbocycles. The Morgan fingerprint density at radius 2 is 2.00 bits per heavy atom. The Hall–Kier alpha value is -2.90. The quantitative estimate of drug-likeness (QED) is 0.837. The van der Waals surface area contributed by atoms with Gasteiger partial charge in [-0.3, -0.25) is 9.69 Å². The highest BCUT2D eigenvalue weighted by molar-refractivity contribution is 5.94. The lowest BCUT2D eigenvalue weighted by Crippen LogP contribution is -2.53. The molecule has 0 spiro atoms. The first-order valence-electron chi connectivity index (χ1n) is 8.69. The molecule has 136 valence electrons. The van der Waals surface area contributed by atoms with Gasteiger partial charge in [0, 0.05) is 36.7 Å². The molecular formula is C18H20N4O4. The lowest BCUT2D eigenvalue weighted by Gasteiger charge is -2.35. The third kappa shape index (κ3) is 2.91. The maximum absolute atomic E-state index is 12.7. The lowest BCUT2D eigenvalue weighted by molar-refractivity contribution is 0.0617. The van der Waals surface area contributed by atoms with E-state index in [1.165, 1.54) is 0 Å². The molecule has 2 fully saturated rings. The molecule has 0 radical (unpaired) electrons. The van der Waals surface area contributed by atoms with Gasteiger partial charge in [0.1, 0.15) is 6.61 Å². The van der Waals surface area contributed by atoms with Crippen LogP contribution in [0.4, 0.5) is 4.79 Å². The van der Waals surface area contributed by atoms with Gasteiger partial charge in [-0.2, -0.15) is 4.98 Å². The Bertz CT molecular complexity index is 830. The number of amides is 2. The highest BCUT2D eigenvalue weighted by Crippen LogP contribution is 2.22. The van der Waals surface area contributed by atoms with Crippen molar-refractivity contribution in [2.45, 2.75) is 25.8 Å². The Labute approximate surface area is 150 Å². The van der Waals surface area contributed by atoms with E-state index in [2.05, 4.69) is 10.1 Å². The predicted octanol–water partition coefficient (Wildman–Crippen LogP) is 2.14. The SMILES string of the molecule is CC(C)c1nc(-c2ccc(C(=O)N3CCN4C(=O)OC[C@H]4C3)cc2)no1. The Balaban J connectivity index is 1.46. The van der Waals surface area contributed by atoms with Gasteiger partial charge < -0.3 is 14.2 Å². The van der Waals surface area contributed by atoms with Crippen LogP contribution in [0.25, 0.3) is 11.4 Å². The Morgan fingerprint density at radius 3 is 2.69 bits per heavy atom. The van der Waals surface area contributed by atoms with Gasteiger partial charge in [0.2, 0.25) is 11.7 Å². The van der Waals surface area contributed by atoms with E-state index in [9.17, 15) is 9.59 Å². The van der Waals surface area contributed by atoms with Crippen molar-refractivity contribution in [2.75, 3.05) is 26.2 Å². The van der Waals surface area contributed by atoms with Gasteiger partial charge in [-0.1, -0.05) is 31.1 Å². The van der Waals surface area contributed by atoms with Crippen molar-refractivity contribution in [3.05, 3.63) is 35.7 Å². The van der Waals surface area contributed by atoms with Crippen LogP contribution in [0.15, 0.2) is 28.8 Å². The minimum atomic E-state index is -0.285. The van der Waals surface area contributed by atoms with Crippen LogP contribution in [0.1, 0.15) is 36.0 Å². The summed E-state index contributed by atoms with van der Waals surface area (Å²) in [5.74, 6) is 1.23. The summed E-state index contributed by atoms with van der Waals surface area (Å²) in [7, 11) is 0. The normalized spacial score (nSPS) is 19.7. The van der Waals surface area contributed by atoms with Crippen molar-refractivity contribution in [3.8, 4) is 11.4 Å². The van der Waals surface area contributed by atoms with E-state index in [1.54, 1.807) is 21.9 Å². The van der Waals surface area contributed by atoms with Crippen LogP contribution in [0.3, 0.4) is 0 Å². The fraction of sp³-hybridized carbons (Fsp3) is 0.444. The number of ether oxygens (including phenoxy) is 1. The average molecular weight is 356 g/mol.